The topological polar surface area (TPSA) is 201 Å². The van der Waals surface area contributed by atoms with Crippen LogP contribution in [0.5, 0.6) is 5.75 Å². The van der Waals surface area contributed by atoms with Crippen LogP contribution in [0.1, 0.15) is 16.4 Å². The molecule has 0 bridgehead atoms. The number of carbonyl (C=O) groups excluding carboxylic acids is 3. The number of sulfonamides is 1. The molecule has 0 spiro atoms. The summed E-state index contributed by atoms with van der Waals surface area (Å²) in [6, 6.07) is 17.2. The van der Waals surface area contributed by atoms with Crippen molar-refractivity contribution in [3.8, 4) is 5.75 Å². The third-order valence-corrected chi connectivity index (χ3v) is 11.1. The number of aromatic nitrogens is 1. The van der Waals surface area contributed by atoms with Gasteiger partial charge in [0.15, 0.2) is 0 Å². The van der Waals surface area contributed by atoms with Gasteiger partial charge in [-0.1, -0.05) is 41.3 Å². The molecular formula is C29H23N5O9S3. The highest BCUT2D eigenvalue weighted by atomic mass is 32.2. The molecule has 6 rings (SSSR count). The van der Waals surface area contributed by atoms with Crippen molar-refractivity contribution in [1.29, 1.82) is 0 Å². The molecule has 3 heterocycles. The molecule has 2 aliphatic rings. The third-order valence-electron chi connectivity index (χ3n) is 7.61. The first kappa shape index (κ1) is 31.2. The van der Waals surface area contributed by atoms with Gasteiger partial charge in [-0.05, 0) is 42.5 Å². The molecule has 0 radical (unpaired) electrons. The van der Waals surface area contributed by atoms with Gasteiger partial charge in [0.05, 0.1) is 33.6 Å². The number of imide groups is 1. The van der Waals surface area contributed by atoms with Gasteiger partial charge in [0.2, 0.25) is 27.7 Å². The van der Waals surface area contributed by atoms with Crippen LogP contribution in [0.4, 0.5) is 17.1 Å². The van der Waals surface area contributed by atoms with E-state index in [1.54, 1.807) is 24.3 Å². The number of para-hydroxylation sites is 1. The first-order valence-electron chi connectivity index (χ1n) is 13.5. The first-order valence-corrected chi connectivity index (χ1v) is 16.7. The molecule has 3 unspecified atom stereocenters. The number of nitro benzene ring substituents is 1. The maximum Gasteiger partial charge on any atom is 0.308 e. The number of anilines is 2. The molecule has 3 N–H and O–H groups in total. The van der Waals surface area contributed by atoms with Crippen molar-refractivity contribution in [2.24, 2.45) is 11.1 Å². The van der Waals surface area contributed by atoms with E-state index in [1.165, 1.54) is 60.2 Å². The Labute approximate surface area is 269 Å². The fourth-order valence-corrected chi connectivity index (χ4v) is 8.84. The molecule has 236 valence electrons. The van der Waals surface area contributed by atoms with Crippen molar-refractivity contribution in [3.05, 3.63) is 103 Å². The Morgan fingerprint density at radius 1 is 1.02 bits per heavy atom. The minimum Gasteiger partial charge on any atom is -0.496 e. The second kappa shape index (κ2) is 11.8. The number of thioether (sulfide) groups is 1. The van der Waals surface area contributed by atoms with Gasteiger partial charge in [-0.25, -0.2) is 18.5 Å². The highest BCUT2D eigenvalue weighted by molar-refractivity contribution is 8.00. The van der Waals surface area contributed by atoms with Gasteiger partial charge in [-0.2, -0.15) is 0 Å². The van der Waals surface area contributed by atoms with Crippen LogP contribution in [-0.2, 0) is 31.0 Å². The maximum absolute atomic E-state index is 14.0. The Morgan fingerprint density at radius 3 is 2.33 bits per heavy atom. The van der Waals surface area contributed by atoms with Crippen LogP contribution in [0.3, 0.4) is 0 Å². The van der Waals surface area contributed by atoms with E-state index in [1.807, 2.05) is 0 Å². The Balaban J connectivity index is 1.38. The number of benzene rings is 3. The van der Waals surface area contributed by atoms with Crippen LogP contribution >= 0.6 is 23.1 Å². The number of non-ortho nitro benzene ring substituents is 1. The molecule has 14 nitrogen and oxygen atoms in total. The summed E-state index contributed by atoms with van der Waals surface area (Å²) in [5, 5.41) is 18.3. The van der Waals surface area contributed by atoms with Crippen molar-refractivity contribution in [1.82, 2.24) is 4.57 Å². The summed E-state index contributed by atoms with van der Waals surface area (Å²) >= 11 is 1.87. The monoisotopic (exact) mass is 681 g/mol. The quantitative estimate of drug-likeness (QED) is 0.158. The van der Waals surface area contributed by atoms with Gasteiger partial charge >= 0.3 is 4.87 Å². The predicted molar refractivity (Wildman–Crippen MR) is 169 cm³/mol. The molecule has 3 atom stereocenters. The number of nitrogens with one attached hydrogen (secondary N) is 1. The number of hydrogen-bond acceptors (Lipinski definition) is 11. The summed E-state index contributed by atoms with van der Waals surface area (Å²) in [4.78, 5) is 65.9. The highest BCUT2D eigenvalue weighted by Crippen LogP contribution is 2.55. The lowest BCUT2D eigenvalue weighted by molar-refractivity contribution is -0.384. The molecule has 4 aromatic rings. The van der Waals surface area contributed by atoms with Crippen molar-refractivity contribution >= 4 is 67.9 Å². The fraction of sp³-hybridized carbons (Fsp3) is 0.172. The van der Waals surface area contributed by atoms with Gasteiger partial charge in [0.25, 0.3) is 5.69 Å². The summed E-state index contributed by atoms with van der Waals surface area (Å²) < 4.78 is 29.9. The second-order valence-electron chi connectivity index (χ2n) is 10.3. The van der Waals surface area contributed by atoms with E-state index in [0.717, 1.165) is 28.0 Å². The number of carbonyl (C=O) groups is 3. The zero-order chi connectivity index (χ0) is 32.9. The lowest BCUT2D eigenvalue weighted by Crippen LogP contribution is -2.33. The van der Waals surface area contributed by atoms with Crippen molar-refractivity contribution in [3.63, 3.8) is 0 Å². The van der Waals surface area contributed by atoms with Gasteiger partial charge in [0.1, 0.15) is 17.5 Å². The number of thiazole rings is 1. The average molecular weight is 682 g/mol. The average Bonchev–Trinajstić information content (AvgIpc) is 3.47. The Morgan fingerprint density at radius 2 is 1.70 bits per heavy atom. The zero-order valence-corrected chi connectivity index (χ0v) is 26.1. The largest absolute Gasteiger partial charge is 0.496 e. The number of nitrogens with two attached hydrogens (primary N) is 1. The normalized spacial score (nSPS) is 19.0. The minimum absolute atomic E-state index is 0.138. The maximum atomic E-state index is 14.0. The minimum atomic E-state index is -3.93. The Hall–Kier alpha value is -4.84. The number of rotatable bonds is 8. The molecular weight excluding hydrogens is 659 g/mol. The number of methoxy groups -OCH3 is 1. The molecule has 17 heteroatoms. The number of primary sulfonamides is 1. The summed E-state index contributed by atoms with van der Waals surface area (Å²) in [6.45, 7) is -0.432. The van der Waals surface area contributed by atoms with Gasteiger partial charge in [-0.3, -0.25) is 33.9 Å². The molecule has 1 saturated heterocycles. The second-order valence-corrected chi connectivity index (χ2v) is 14.0. The molecule has 3 amide bonds. The van der Waals surface area contributed by atoms with E-state index in [2.05, 4.69) is 5.32 Å². The number of ether oxygens (including phenoxy) is 1. The Bertz CT molecular complexity index is 2080. The number of hydrogen-bond donors (Lipinski definition) is 2. The van der Waals surface area contributed by atoms with E-state index in [9.17, 15) is 37.7 Å². The number of nitro groups is 1. The standard InChI is InChI=1S/C29H23N5O9S3/c1-43-20-5-3-2-4-19(20)22-23-24(27(37)33(26(23)36)16-8-10-17(11-9-16)34(39)40)44-28-25(22)45-29(38)32(28)14-21(35)31-15-6-12-18(13-7-15)46(30,41)42/h2-13,22-24H,14H2,1H3,(H,31,35)(H2,30,41,42). The molecule has 3 aromatic carbocycles. The van der Waals surface area contributed by atoms with E-state index in [-0.39, 0.29) is 22.0 Å². The summed E-state index contributed by atoms with van der Waals surface area (Å²) in [5.74, 6) is -3.00. The summed E-state index contributed by atoms with van der Waals surface area (Å²) in [6.07, 6.45) is 0. The van der Waals surface area contributed by atoms with Crippen molar-refractivity contribution in [2.45, 2.75) is 27.6 Å². The van der Waals surface area contributed by atoms with E-state index < -0.39 is 61.2 Å². The van der Waals surface area contributed by atoms with Crippen molar-refractivity contribution in [2.75, 3.05) is 17.3 Å². The van der Waals surface area contributed by atoms with Crippen LogP contribution < -0.4 is 25.0 Å². The fourth-order valence-electron chi connectivity index (χ4n) is 5.56. The van der Waals surface area contributed by atoms with Crippen LogP contribution in [0, 0.1) is 16.0 Å². The Kier molecular flexibility index (Phi) is 8.01. The van der Waals surface area contributed by atoms with Crippen LogP contribution in [0.2, 0.25) is 0 Å². The predicted octanol–water partition coefficient (Wildman–Crippen LogP) is 2.91. The molecule has 2 aliphatic heterocycles. The van der Waals surface area contributed by atoms with Gasteiger partial charge in [0, 0.05) is 34.2 Å². The smallest absolute Gasteiger partial charge is 0.308 e. The van der Waals surface area contributed by atoms with Crippen molar-refractivity contribution < 1.29 is 32.5 Å². The number of amides is 3. The van der Waals surface area contributed by atoms with Gasteiger partial charge < -0.3 is 10.1 Å². The third kappa shape index (κ3) is 5.46. The van der Waals surface area contributed by atoms with Crippen LogP contribution in [0.25, 0.3) is 0 Å². The van der Waals surface area contributed by atoms with Gasteiger partial charge in [-0.15, -0.1) is 0 Å². The molecule has 1 aromatic heterocycles. The number of nitrogens with zero attached hydrogens (tertiary/aromatic N) is 3. The summed E-state index contributed by atoms with van der Waals surface area (Å²) in [5.41, 5.74) is 0.805. The lowest BCUT2D eigenvalue weighted by atomic mass is 9.82. The first-order chi connectivity index (χ1) is 21.9. The zero-order valence-electron chi connectivity index (χ0n) is 23.7. The molecule has 46 heavy (non-hydrogen) atoms. The van der Waals surface area contributed by atoms with Crippen LogP contribution in [-0.4, -0.2) is 48.0 Å². The SMILES string of the molecule is COc1ccccc1C1c2sc(=O)n(CC(=O)Nc3ccc(S(N)(=O)=O)cc3)c2SC2C(=O)N(c3ccc([N+](=O)[O-])cc3)C(=O)C21. The van der Waals surface area contributed by atoms with Crippen LogP contribution in [0.15, 0.2) is 87.5 Å². The van der Waals surface area contributed by atoms with E-state index in [0.29, 0.717) is 21.2 Å². The molecule has 0 aliphatic carbocycles. The van der Waals surface area contributed by atoms with E-state index >= 15 is 0 Å². The lowest BCUT2D eigenvalue weighted by Gasteiger charge is -2.31. The molecule has 0 saturated carbocycles. The van der Waals surface area contributed by atoms with E-state index in [4.69, 9.17) is 9.88 Å². The highest BCUT2D eigenvalue weighted by Gasteiger charge is 2.57. The summed E-state index contributed by atoms with van der Waals surface area (Å²) in [7, 11) is -2.47. The number of fused-ring (bicyclic) bond motifs is 2. The molecule has 1 fully saturated rings.